The molecule has 2 heterocycles. The second kappa shape index (κ2) is 9.65. The van der Waals surface area contributed by atoms with Crippen molar-refractivity contribution in [1.82, 2.24) is 19.7 Å². The Morgan fingerprint density at radius 2 is 2.00 bits per heavy atom. The highest BCUT2D eigenvalue weighted by Gasteiger charge is 2.18. The normalized spacial score (nSPS) is 12.3. The first-order chi connectivity index (χ1) is 15.0. The lowest BCUT2D eigenvalue weighted by Gasteiger charge is -2.11. The Kier molecular flexibility index (Phi) is 6.72. The Morgan fingerprint density at radius 1 is 1.13 bits per heavy atom. The summed E-state index contributed by atoms with van der Waals surface area (Å²) in [6.07, 6.45) is 1.65. The van der Waals surface area contributed by atoms with Crippen LogP contribution >= 0.6 is 23.2 Å². The molecule has 0 aliphatic heterocycles. The zero-order valence-corrected chi connectivity index (χ0v) is 18.7. The molecule has 2 aromatic heterocycles. The molecule has 0 aliphatic rings. The van der Waals surface area contributed by atoms with Crippen molar-refractivity contribution in [1.29, 1.82) is 0 Å². The number of benzene rings is 2. The van der Waals surface area contributed by atoms with Crippen LogP contribution in [-0.4, -0.2) is 30.9 Å². The van der Waals surface area contributed by atoms with Gasteiger partial charge in [-0.1, -0.05) is 46.6 Å². The van der Waals surface area contributed by atoms with Gasteiger partial charge in [0.25, 0.3) is 0 Å². The van der Waals surface area contributed by atoms with E-state index >= 15 is 0 Å². The third-order valence-electron chi connectivity index (χ3n) is 4.41. The van der Waals surface area contributed by atoms with Crippen LogP contribution in [0.3, 0.4) is 0 Å². The van der Waals surface area contributed by atoms with E-state index in [4.69, 9.17) is 32.5 Å². The smallest absolute Gasteiger partial charge is 0.239 e. The maximum absolute atomic E-state index is 12.7. The SMILES string of the molecule is CN(Cc1ccn[nH]1)S(=O)c1cc(-c2cccc(OCc3ccc(Cl)c(Cl)c3)c2)no1. The fourth-order valence-corrected chi connectivity index (χ4v) is 4.04. The van der Waals surface area contributed by atoms with Crippen molar-refractivity contribution in [2.24, 2.45) is 0 Å². The summed E-state index contributed by atoms with van der Waals surface area (Å²) < 4.78 is 25.5. The first-order valence-corrected chi connectivity index (χ1v) is 11.1. The van der Waals surface area contributed by atoms with Gasteiger partial charge >= 0.3 is 0 Å². The van der Waals surface area contributed by atoms with Gasteiger partial charge in [0, 0.05) is 24.9 Å². The van der Waals surface area contributed by atoms with Crippen molar-refractivity contribution in [2.75, 3.05) is 7.05 Å². The Morgan fingerprint density at radius 3 is 2.77 bits per heavy atom. The molecule has 31 heavy (non-hydrogen) atoms. The second-order valence-electron chi connectivity index (χ2n) is 6.71. The summed E-state index contributed by atoms with van der Waals surface area (Å²) in [6, 6.07) is 16.3. The van der Waals surface area contributed by atoms with E-state index in [0.717, 1.165) is 16.8 Å². The molecular weight excluding hydrogens is 459 g/mol. The topological polar surface area (TPSA) is 84.2 Å². The third kappa shape index (κ3) is 5.34. The van der Waals surface area contributed by atoms with Gasteiger partial charge in [-0.05, 0) is 35.9 Å². The second-order valence-corrected chi connectivity index (χ2v) is 9.05. The minimum absolute atomic E-state index is 0.263. The Labute approximate surface area is 191 Å². The summed E-state index contributed by atoms with van der Waals surface area (Å²) in [5.41, 5.74) is 3.11. The van der Waals surface area contributed by atoms with Gasteiger partial charge in [-0.3, -0.25) is 5.10 Å². The number of aromatic nitrogens is 3. The van der Waals surface area contributed by atoms with E-state index in [1.807, 2.05) is 36.4 Å². The molecule has 4 rings (SSSR count). The van der Waals surface area contributed by atoms with Crippen LogP contribution in [0.2, 0.25) is 10.0 Å². The van der Waals surface area contributed by atoms with Gasteiger partial charge in [0.05, 0.1) is 22.3 Å². The molecule has 0 bridgehead atoms. The molecule has 0 fully saturated rings. The number of nitrogens with one attached hydrogen (secondary N) is 1. The van der Waals surface area contributed by atoms with Crippen LogP contribution in [0.5, 0.6) is 5.75 Å². The highest BCUT2D eigenvalue weighted by Crippen LogP contribution is 2.27. The van der Waals surface area contributed by atoms with E-state index in [0.29, 0.717) is 34.6 Å². The maximum Gasteiger partial charge on any atom is 0.239 e. The van der Waals surface area contributed by atoms with E-state index in [1.54, 1.807) is 35.7 Å². The fourth-order valence-electron chi connectivity index (χ4n) is 2.84. The van der Waals surface area contributed by atoms with E-state index in [2.05, 4.69) is 15.4 Å². The summed E-state index contributed by atoms with van der Waals surface area (Å²) in [6.45, 7) is 0.771. The summed E-state index contributed by atoms with van der Waals surface area (Å²) >= 11 is 12.0. The average molecular weight is 477 g/mol. The lowest BCUT2D eigenvalue weighted by atomic mass is 10.1. The van der Waals surface area contributed by atoms with E-state index in [-0.39, 0.29) is 5.09 Å². The average Bonchev–Trinajstić information content (AvgIpc) is 3.46. The molecule has 1 unspecified atom stereocenters. The number of hydrogen-bond acceptors (Lipinski definition) is 5. The number of ether oxygens (including phenoxy) is 1. The molecule has 0 saturated carbocycles. The molecule has 2 aromatic carbocycles. The van der Waals surface area contributed by atoms with E-state index in [1.165, 1.54) is 0 Å². The number of H-pyrrole nitrogens is 1. The van der Waals surface area contributed by atoms with Crippen molar-refractivity contribution < 1.29 is 13.5 Å². The third-order valence-corrected chi connectivity index (χ3v) is 6.39. The minimum Gasteiger partial charge on any atom is -0.489 e. The predicted octanol–water partition coefficient (Wildman–Crippen LogP) is 5.11. The van der Waals surface area contributed by atoms with Gasteiger partial charge in [0.2, 0.25) is 5.09 Å². The highest BCUT2D eigenvalue weighted by molar-refractivity contribution is 7.82. The van der Waals surface area contributed by atoms with Gasteiger partial charge < -0.3 is 9.26 Å². The van der Waals surface area contributed by atoms with Gasteiger partial charge in [-0.25, -0.2) is 8.51 Å². The molecule has 4 aromatic rings. The summed E-state index contributed by atoms with van der Waals surface area (Å²) in [7, 11) is 0.231. The molecular formula is C21H18Cl2N4O3S. The van der Waals surface area contributed by atoms with Crippen LogP contribution in [0.1, 0.15) is 11.3 Å². The molecule has 7 nitrogen and oxygen atoms in total. The van der Waals surface area contributed by atoms with Gasteiger partial charge in [0.15, 0.2) is 11.0 Å². The minimum atomic E-state index is -1.50. The molecule has 0 saturated heterocycles. The fraction of sp³-hybridized carbons (Fsp3) is 0.143. The quantitative estimate of drug-likeness (QED) is 0.382. The maximum atomic E-state index is 12.7. The molecule has 10 heteroatoms. The summed E-state index contributed by atoms with van der Waals surface area (Å²) in [5.74, 6) is 0.658. The van der Waals surface area contributed by atoms with Crippen molar-refractivity contribution >= 4 is 34.2 Å². The highest BCUT2D eigenvalue weighted by atomic mass is 35.5. The van der Waals surface area contributed by atoms with Crippen LogP contribution in [0.25, 0.3) is 11.3 Å². The largest absolute Gasteiger partial charge is 0.489 e. The first-order valence-electron chi connectivity index (χ1n) is 9.25. The number of nitrogens with zero attached hydrogens (tertiary/aromatic N) is 3. The lowest BCUT2D eigenvalue weighted by Crippen LogP contribution is -2.20. The molecule has 0 radical (unpaired) electrons. The first kappa shape index (κ1) is 21.6. The van der Waals surface area contributed by atoms with Crippen LogP contribution in [0.15, 0.2) is 70.4 Å². The molecule has 0 aliphatic carbocycles. The van der Waals surface area contributed by atoms with Crippen molar-refractivity contribution in [3.63, 3.8) is 0 Å². The van der Waals surface area contributed by atoms with Crippen LogP contribution in [0, 0.1) is 0 Å². The van der Waals surface area contributed by atoms with Crippen molar-refractivity contribution in [2.45, 2.75) is 18.2 Å². The zero-order valence-electron chi connectivity index (χ0n) is 16.4. The van der Waals surface area contributed by atoms with Gasteiger partial charge in [-0.2, -0.15) is 5.10 Å². The van der Waals surface area contributed by atoms with E-state index < -0.39 is 11.0 Å². The summed E-state index contributed by atoms with van der Waals surface area (Å²) in [4.78, 5) is 0. The van der Waals surface area contributed by atoms with Crippen molar-refractivity contribution in [3.8, 4) is 17.0 Å². The number of rotatable bonds is 8. The molecule has 0 amide bonds. The molecule has 0 spiro atoms. The lowest BCUT2D eigenvalue weighted by molar-refractivity contribution is 0.306. The van der Waals surface area contributed by atoms with Gasteiger partial charge in [0.1, 0.15) is 18.1 Å². The predicted molar refractivity (Wildman–Crippen MR) is 119 cm³/mol. The van der Waals surface area contributed by atoms with Crippen LogP contribution in [-0.2, 0) is 24.1 Å². The van der Waals surface area contributed by atoms with Gasteiger partial charge in [-0.15, -0.1) is 0 Å². The monoisotopic (exact) mass is 476 g/mol. The Bertz CT molecular complexity index is 1200. The number of halogens is 2. The molecule has 1 atom stereocenters. The number of aromatic amines is 1. The van der Waals surface area contributed by atoms with Crippen LogP contribution < -0.4 is 4.74 Å². The Hall–Kier alpha value is -2.65. The molecule has 1 N–H and O–H groups in total. The molecule has 160 valence electrons. The number of hydrogen-bond donors (Lipinski definition) is 1. The Balaban J connectivity index is 1.43. The van der Waals surface area contributed by atoms with Crippen LogP contribution in [0.4, 0.5) is 0 Å². The summed E-state index contributed by atoms with van der Waals surface area (Å²) in [5, 5.41) is 12.0. The standard InChI is InChI=1S/C21H18Cl2N4O3S/c1-27(12-16-7-8-24-25-16)31(28)21-11-20(26-30-21)15-3-2-4-17(10-15)29-13-14-5-6-18(22)19(23)9-14/h2-11H,12-13H2,1H3,(H,24,25). The van der Waals surface area contributed by atoms with Crippen molar-refractivity contribution in [3.05, 3.63) is 82.1 Å². The zero-order chi connectivity index (χ0) is 21.8. The van der Waals surface area contributed by atoms with E-state index in [9.17, 15) is 4.21 Å².